The number of nitro benzene ring substituents is 1. The zero-order valence-corrected chi connectivity index (χ0v) is 9.87. The highest BCUT2D eigenvalue weighted by Crippen LogP contribution is 2.36. The van der Waals surface area contributed by atoms with E-state index in [-0.39, 0.29) is 22.9 Å². The molecule has 1 aromatic carbocycles. The monoisotopic (exact) mass is 261 g/mol. The first-order valence-corrected chi connectivity index (χ1v) is 5.71. The number of carboxylic acids is 1. The number of aliphatic carboxylic acids is 1. The molecule has 0 aromatic heterocycles. The molecule has 1 fully saturated rings. The van der Waals surface area contributed by atoms with Gasteiger partial charge < -0.3 is 10.4 Å². The smallest absolute Gasteiger partial charge is 0.326 e. The molecule has 7 heteroatoms. The maximum absolute atomic E-state index is 11.1. The molecule has 0 aliphatic heterocycles. The zero-order valence-electron chi connectivity index (χ0n) is 9.87. The first-order valence-electron chi connectivity index (χ1n) is 5.71. The van der Waals surface area contributed by atoms with Crippen molar-refractivity contribution in [3.63, 3.8) is 0 Å². The average molecular weight is 261 g/mol. The lowest BCUT2D eigenvalue weighted by Crippen LogP contribution is -2.31. The Morgan fingerprint density at radius 3 is 2.74 bits per heavy atom. The molecule has 0 spiro atoms. The lowest BCUT2D eigenvalue weighted by molar-refractivity contribution is -0.384. The summed E-state index contributed by atoms with van der Waals surface area (Å²) in [5, 5.41) is 31.4. The molecule has 1 aromatic rings. The predicted molar refractivity (Wildman–Crippen MR) is 65.6 cm³/mol. The molecular weight excluding hydrogens is 250 g/mol. The van der Waals surface area contributed by atoms with E-state index in [9.17, 15) is 14.9 Å². The van der Waals surface area contributed by atoms with Gasteiger partial charge in [-0.25, -0.2) is 4.79 Å². The summed E-state index contributed by atoms with van der Waals surface area (Å²) in [7, 11) is 0. The predicted octanol–water partition coefficient (Wildman–Crippen LogP) is 1.74. The summed E-state index contributed by atoms with van der Waals surface area (Å²) in [4.78, 5) is 21.4. The van der Waals surface area contributed by atoms with Gasteiger partial charge in [-0.05, 0) is 30.9 Å². The minimum Gasteiger partial charge on any atom is -0.480 e. The quantitative estimate of drug-likeness (QED) is 0.616. The molecule has 2 rings (SSSR count). The number of benzene rings is 1. The molecule has 1 aliphatic carbocycles. The molecular formula is C12H11N3O4. The Labute approximate surface area is 108 Å². The summed E-state index contributed by atoms with van der Waals surface area (Å²) in [5.74, 6) is -1.02. The van der Waals surface area contributed by atoms with Crippen LogP contribution in [0.2, 0.25) is 0 Å². The first-order chi connectivity index (χ1) is 9.02. The minimum atomic E-state index is -1.03. The van der Waals surface area contributed by atoms with Gasteiger partial charge >= 0.3 is 5.97 Å². The van der Waals surface area contributed by atoms with Crippen LogP contribution in [0.15, 0.2) is 18.2 Å². The van der Waals surface area contributed by atoms with Gasteiger partial charge in [-0.2, -0.15) is 5.26 Å². The Morgan fingerprint density at radius 2 is 2.26 bits per heavy atom. The standard InChI is InChI=1S/C12H11N3O4/c13-6-7-1-4-9(10(5-7)15(18)19)14-11(12(16)17)8-2-3-8/h1,4-5,8,11,14H,2-3H2,(H,16,17). The minimum absolute atomic E-state index is 0.00717. The van der Waals surface area contributed by atoms with Gasteiger partial charge in [0.05, 0.1) is 16.6 Å². The molecule has 0 amide bonds. The molecule has 98 valence electrons. The Morgan fingerprint density at radius 1 is 1.58 bits per heavy atom. The first kappa shape index (κ1) is 12.8. The fourth-order valence-corrected chi connectivity index (χ4v) is 1.85. The van der Waals surface area contributed by atoms with Gasteiger partial charge in [-0.15, -0.1) is 0 Å². The number of rotatable bonds is 5. The number of hydrogen-bond donors (Lipinski definition) is 2. The van der Waals surface area contributed by atoms with Crippen LogP contribution in [0.4, 0.5) is 11.4 Å². The number of nitrogens with one attached hydrogen (secondary N) is 1. The second-order valence-corrected chi connectivity index (χ2v) is 4.40. The molecule has 1 aliphatic rings. The normalized spacial score (nSPS) is 15.3. The number of nitrogens with zero attached hydrogens (tertiary/aromatic N) is 2. The second-order valence-electron chi connectivity index (χ2n) is 4.40. The van der Waals surface area contributed by atoms with Crippen LogP contribution in [0.25, 0.3) is 0 Å². The Kier molecular flexibility index (Phi) is 3.33. The summed E-state index contributed by atoms with van der Waals surface area (Å²) in [6.07, 6.45) is 1.60. The molecule has 1 saturated carbocycles. The Hall–Kier alpha value is -2.62. The fraction of sp³-hybridized carbons (Fsp3) is 0.333. The van der Waals surface area contributed by atoms with E-state index in [1.807, 2.05) is 6.07 Å². The molecule has 0 bridgehead atoms. The van der Waals surface area contributed by atoms with E-state index in [4.69, 9.17) is 10.4 Å². The molecule has 0 radical (unpaired) electrons. The number of anilines is 1. The van der Waals surface area contributed by atoms with Gasteiger partial charge in [0.15, 0.2) is 0 Å². The fourth-order valence-electron chi connectivity index (χ4n) is 1.85. The van der Waals surface area contributed by atoms with Gasteiger partial charge in [0.1, 0.15) is 11.7 Å². The van der Waals surface area contributed by atoms with Crippen molar-refractivity contribution in [3.8, 4) is 6.07 Å². The van der Waals surface area contributed by atoms with Gasteiger partial charge in [-0.1, -0.05) is 0 Å². The summed E-state index contributed by atoms with van der Waals surface area (Å²) >= 11 is 0. The maximum atomic E-state index is 11.1. The van der Waals surface area contributed by atoms with Crippen molar-refractivity contribution in [1.82, 2.24) is 0 Å². The van der Waals surface area contributed by atoms with E-state index in [0.717, 1.165) is 18.9 Å². The molecule has 2 N–H and O–H groups in total. The Bertz CT molecular complexity index is 575. The third-order valence-electron chi connectivity index (χ3n) is 2.99. The zero-order chi connectivity index (χ0) is 14.0. The molecule has 0 saturated heterocycles. The van der Waals surface area contributed by atoms with Gasteiger partial charge in [0.25, 0.3) is 5.69 Å². The molecule has 19 heavy (non-hydrogen) atoms. The van der Waals surface area contributed by atoms with Crippen LogP contribution in [-0.2, 0) is 4.79 Å². The number of carboxylic acid groups (broad SMARTS) is 1. The van der Waals surface area contributed by atoms with Crippen LogP contribution in [0.5, 0.6) is 0 Å². The highest BCUT2D eigenvalue weighted by Gasteiger charge is 2.37. The van der Waals surface area contributed by atoms with E-state index in [0.29, 0.717) is 0 Å². The van der Waals surface area contributed by atoms with Crippen molar-refractivity contribution in [1.29, 1.82) is 5.26 Å². The van der Waals surface area contributed by atoms with Crippen LogP contribution >= 0.6 is 0 Å². The maximum Gasteiger partial charge on any atom is 0.326 e. The second kappa shape index (κ2) is 4.94. The van der Waals surface area contributed by atoms with Crippen molar-refractivity contribution < 1.29 is 14.8 Å². The van der Waals surface area contributed by atoms with Crippen LogP contribution in [0, 0.1) is 27.4 Å². The van der Waals surface area contributed by atoms with Crippen LogP contribution in [-0.4, -0.2) is 22.0 Å². The van der Waals surface area contributed by atoms with E-state index in [1.165, 1.54) is 12.1 Å². The average Bonchev–Trinajstić information content (AvgIpc) is 3.19. The van der Waals surface area contributed by atoms with Crippen molar-refractivity contribution in [2.45, 2.75) is 18.9 Å². The van der Waals surface area contributed by atoms with Gasteiger partial charge in [-0.3, -0.25) is 10.1 Å². The van der Waals surface area contributed by atoms with Gasteiger partial charge in [0.2, 0.25) is 0 Å². The summed E-state index contributed by atoms with van der Waals surface area (Å²) in [6, 6.07) is 4.91. The van der Waals surface area contributed by atoms with Crippen LogP contribution < -0.4 is 5.32 Å². The highest BCUT2D eigenvalue weighted by atomic mass is 16.6. The lowest BCUT2D eigenvalue weighted by Gasteiger charge is -2.14. The van der Waals surface area contributed by atoms with E-state index in [1.54, 1.807) is 0 Å². The molecule has 1 atom stereocenters. The third kappa shape index (κ3) is 2.80. The van der Waals surface area contributed by atoms with Crippen LogP contribution in [0.3, 0.4) is 0 Å². The van der Waals surface area contributed by atoms with Crippen LogP contribution in [0.1, 0.15) is 18.4 Å². The SMILES string of the molecule is N#Cc1ccc(NC(C(=O)O)C2CC2)c([N+](=O)[O-])c1. The van der Waals surface area contributed by atoms with Gasteiger partial charge in [0, 0.05) is 6.07 Å². The lowest BCUT2D eigenvalue weighted by atomic mass is 10.1. The number of nitro groups is 1. The van der Waals surface area contributed by atoms with E-state index >= 15 is 0 Å². The van der Waals surface area contributed by atoms with Crippen molar-refractivity contribution in [2.75, 3.05) is 5.32 Å². The third-order valence-corrected chi connectivity index (χ3v) is 2.99. The topological polar surface area (TPSA) is 116 Å². The molecule has 0 heterocycles. The Balaban J connectivity index is 2.31. The largest absolute Gasteiger partial charge is 0.480 e. The number of nitriles is 1. The summed E-state index contributed by atoms with van der Waals surface area (Å²) in [6.45, 7) is 0. The van der Waals surface area contributed by atoms with Crippen molar-refractivity contribution in [3.05, 3.63) is 33.9 Å². The summed E-state index contributed by atoms with van der Waals surface area (Å²) < 4.78 is 0. The van der Waals surface area contributed by atoms with E-state index < -0.39 is 16.9 Å². The van der Waals surface area contributed by atoms with Crippen molar-refractivity contribution in [2.24, 2.45) is 5.92 Å². The summed E-state index contributed by atoms with van der Waals surface area (Å²) in [5.41, 5.74) is 0.00444. The number of hydrogen-bond acceptors (Lipinski definition) is 5. The number of carbonyl (C=O) groups is 1. The van der Waals surface area contributed by atoms with Crippen molar-refractivity contribution >= 4 is 17.3 Å². The highest BCUT2D eigenvalue weighted by molar-refractivity contribution is 5.80. The molecule has 1 unspecified atom stereocenters. The van der Waals surface area contributed by atoms with E-state index in [2.05, 4.69) is 5.32 Å². The molecule has 7 nitrogen and oxygen atoms in total.